The molecular weight excluding hydrogens is 251 g/mol. The number of benzene rings is 2. The maximum atomic E-state index is 6.22. The van der Waals surface area contributed by atoms with E-state index in [2.05, 4.69) is 76.2 Å². The fraction of sp³-hybridized carbons (Fsp3) is 0.294. The highest BCUT2D eigenvalue weighted by Gasteiger charge is 2.18. The Morgan fingerprint density at radius 1 is 0.789 bits per heavy atom. The predicted molar refractivity (Wildman–Crippen MR) is 84.7 cm³/mol. The first-order chi connectivity index (χ1) is 9.06. The van der Waals surface area contributed by atoms with Crippen LogP contribution in [0.15, 0.2) is 48.5 Å². The van der Waals surface area contributed by atoms with E-state index in [1.807, 2.05) is 0 Å². The van der Waals surface area contributed by atoms with Crippen LogP contribution in [-0.2, 0) is 0 Å². The van der Waals surface area contributed by atoms with Gasteiger partial charge in [0.15, 0.2) is 0 Å². The lowest BCUT2D eigenvalue weighted by Gasteiger charge is -2.22. The number of aryl methyl sites for hydroxylation is 2. The summed E-state index contributed by atoms with van der Waals surface area (Å²) in [6.07, 6.45) is 0. The molecule has 0 amide bonds. The van der Waals surface area contributed by atoms with Crippen LogP contribution < -0.4 is 9.83 Å². The zero-order valence-corrected chi connectivity index (χ0v) is 12.9. The van der Waals surface area contributed by atoms with Gasteiger partial charge in [-0.25, -0.2) is 0 Å². The van der Waals surface area contributed by atoms with Crippen molar-refractivity contribution in [3.05, 3.63) is 59.7 Å². The summed E-state index contributed by atoms with van der Waals surface area (Å²) in [5, 5.41) is 1.30. The van der Waals surface area contributed by atoms with Gasteiger partial charge in [-0.05, 0) is 26.0 Å². The van der Waals surface area contributed by atoms with E-state index in [0.717, 1.165) is 5.75 Å². The minimum absolute atomic E-state index is 0.499. The van der Waals surface area contributed by atoms with Crippen LogP contribution >= 0.6 is 8.15 Å². The molecule has 0 heterocycles. The van der Waals surface area contributed by atoms with Crippen molar-refractivity contribution < 1.29 is 4.52 Å². The minimum Gasteiger partial charge on any atom is -0.469 e. The number of hydrogen-bond acceptors (Lipinski definition) is 1. The molecule has 19 heavy (non-hydrogen) atoms. The molecule has 100 valence electrons. The van der Waals surface area contributed by atoms with Crippen molar-refractivity contribution in [1.29, 1.82) is 0 Å². The van der Waals surface area contributed by atoms with Gasteiger partial charge >= 0.3 is 0 Å². The molecule has 0 fully saturated rings. The summed E-state index contributed by atoms with van der Waals surface area (Å²) in [7, 11) is -0.613. The Morgan fingerprint density at radius 2 is 1.26 bits per heavy atom. The van der Waals surface area contributed by atoms with E-state index in [1.54, 1.807) is 0 Å². The SMILES string of the molecule is Cc1ccc(OP(c2ccc(C)cc2)C(C)C)cc1. The first kappa shape index (κ1) is 14.1. The van der Waals surface area contributed by atoms with Crippen LogP contribution in [0, 0.1) is 13.8 Å². The van der Waals surface area contributed by atoms with Gasteiger partial charge in [-0.1, -0.05) is 61.4 Å². The predicted octanol–water partition coefficient (Wildman–Crippen LogP) is 4.81. The summed E-state index contributed by atoms with van der Waals surface area (Å²) in [4.78, 5) is 0. The molecule has 2 heteroatoms. The largest absolute Gasteiger partial charge is 0.469 e. The van der Waals surface area contributed by atoms with E-state index >= 15 is 0 Å². The zero-order chi connectivity index (χ0) is 13.8. The van der Waals surface area contributed by atoms with Crippen molar-refractivity contribution in [2.45, 2.75) is 33.4 Å². The fourth-order valence-corrected chi connectivity index (χ4v) is 3.56. The molecule has 2 rings (SSSR count). The highest BCUT2D eigenvalue weighted by atomic mass is 31.1. The lowest BCUT2D eigenvalue weighted by molar-refractivity contribution is 0.612. The normalized spacial score (nSPS) is 12.5. The second kappa shape index (κ2) is 6.21. The molecule has 1 atom stereocenters. The first-order valence-corrected chi connectivity index (χ1v) is 7.99. The lowest BCUT2D eigenvalue weighted by atomic mass is 10.2. The third kappa shape index (κ3) is 3.81. The van der Waals surface area contributed by atoms with Crippen LogP contribution in [0.3, 0.4) is 0 Å². The molecule has 0 aliphatic heterocycles. The number of rotatable bonds is 4. The third-order valence-electron chi connectivity index (χ3n) is 2.98. The van der Waals surface area contributed by atoms with Crippen LogP contribution in [0.1, 0.15) is 25.0 Å². The van der Waals surface area contributed by atoms with E-state index in [9.17, 15) is 0 Å². The summed E-state index contributed by atoms with van der Waals surface area (Å²) in [5.41, 5.74) is 3.05. The molecule has 1 unspecified atom stereocenters. The van der Waals surface area contributed by atoms with Crippen LogP contribution in [-0.4, -0.2) is 5.66 Å². The van der Waals surface area contributed by atoms with Crippen LogP contribution in [0.2, 0.25) is 0 Å². The van der Waals surface area contributed by atoms with Gasteiger partial charge in [0.1, 0.15) is 13.9 Å². The minimum atomic E-state index is -0.613. The smallest absolute Gasteiger partial charge is 0.123 e. The molecule has 0 radical (unpaired) electrons. The van der Waals surface area contributed by atoms with Gasteiger partial charge < -0.3 is 4.52 Å². The molecular formula is C17H21OP. The van der Waals surface area contributed by atoms with E-state index in [0.29, 0.717) is 5.66 Å². The average molecular weight is 272 g/mol. The van der Waals surface area contributed by atoms with Crippen molar-refractivity contribution in [2.24, 2.45) is 0 Å². The van der Waals surface area contributed by atoms with Crippen LogP contribution in [0.25, 0.3) is 0 Å². The van der Waals surface area contributed by atoms with Gasteiger partial charge in [0.05, 0.1) is 0 Å². The van der Waals surface area contributed by atoms with Crippen LogP contribution in [0.5, 0.6) is 5.75 Å². The van der Waals surface area contributed by atoms with Gasteiger partial charge in [-0.3, -0.25) is 0 Å². The number of hydrogen-bond donors (Lipinski definition) is 0. The Kier molecular flexibility index (Phi) is 4.61. The van der Waals surface area contributed by atoms with Crippen molar-refractivity contribution in [3.63, 3.8) is 0 Å². The van der Waals surface area contributed by atoms with Gasteiger partial charge in [-0.2, -0.15) is 0 Å². The standard InChI is InChI=1S/C17H21OP/c1-13(2)19(17-11-7-15(4)8-12-17)18-16-9-5-14(3)6-10-16/h5-13H,1-4H3. The second-order valence-corrected chi connectivity index (χ2v) is 7.54. The Hall–Kier alpha value is -1.33. The van der Waals surface area contributed by atoms with Crippen molar-refractivity contribution in [2.75, 3.05) is 0 Å². The van der Waals surface area contributed by atoms with E-state index in [4.69, 9.17) is 4.52 Å². The van der Waals surface area contributed by atoms with E-state index in [-0.39, 0.29) is 0 Å². The summed E-state index contributed by atoms with van der Waals surface area (Å²) in [5.74, 6) is 0.964. The molecule has 0 N–H and O–H groups in total. The molecule has 0 aliphatic rings. The summed E-state index contributed by atoms with van der Waals surface area (Å²) >= 11 is 0. The van der Waals surface area contributed by atoms with E-state index in [1.165, 1.54) is 16.4 Å². The Morgan fingerprint density at radius 3 is 1.74 bits per heavy atom. The summed E-state index contributed by atoms with van der Waals surface area (Å²) < 4.78 is 6.22. The maximum absolute atomic E-state index is 6.22. The summed E-state index contributed by atoms with van der Waals surface area (Å²) in [6, 6.07) is 17.0. The molecule has 0 saturated carbocycles. The first-order valence-electron chi connectivity index (χ1n) is 6.67. The molecule has 0 bridgehead atoms. The maximum Gasteiger partial charge on any atom is 0.123 e. The van der Waals surface area contributed by atoms with Crippen molar-refractivity contribution in [3.8, 4) is 5.75 Å². The Bertz CT molecular complexity index is 514. The van der Waals surface area contributed by atoms with Gasteiger partial charge in [0.2, 0.25) is 0 Å². The third-order valence-corrected chi connectivity index (χ3v) is 5.13. The van der Waals surface area contributed by atoms with Crippen molar-refractivity contribution in [1.82, 2.24) is 0 Å². The second-order valence-electron chi connectivity index (χ2n) is 5.16. The topological polar surface area (TPSA) is 9.23 Å². The fourth-order valence-electron chi connectivity index (χ4n) is 1.86. The van der Waals surface area contributed by atoms with Crippen molar-refractivity contribution >= 4 is 13.5 Å². The zero-order valence-electron chi connectivity index (χ0n) is 12.1. The molecule has 0 spiro atoms. The molecule has 0 aliphatic carbocycles. The Labute approximate surface area is 117 Å². The highest BCUT2D eigenvalue weighted by Crippen LogP contribution is 2.41. The summed E-state index contributed by atoms with van der Waals surface area (Å²) in [6.45, 7) is 8.65. The molecule has 1 nitrogen and oxygen atoms in total. The van der Waals surface area contributed by atoms with E-state index < -0.39 is 8.15 Å². The molecule has 0 aromatic heterocycles. The molecule has 0 saturated heterocycles. The molecule has 2 aromatic carbocycles. The highest BCUT2D eigenvalue weighted by molar-refractivity contribution is 7.61. The van der Waals surface area contributed by atoms with Gasteiger partial charge in [0, 0.05) is 11.0 Å². The van der Waals surface area contributed by atoms with Gasteiger partial charge in [-0.15, -0.1) is 0 Å². The van der Waals surface area contributed by atoms with Gasteiger partial charge in [0.25, 0.3) is 0 Å². The van der Waals surface area contributed by atoms with Crippen LogP contribution in [0.4, 0.5) is 0 Å². The quantitative estimate of drug-likeness (QED) is 0.725. The average Bonchev–Trinajstić information content (AvgIpc) is 2.39. The lowest BCUT2D eigenvalue weighted by Crippen LogP contribution is -2.12. The Balaban J connectivity index is 2.21. The monoisotopic (exact) mass is 272 g/mol. The molecule has 2 aromatic rings.